The van der Waals surface area contributed by atoms with E-state index in [1.807, 2.05) is 13.8 Å². The van der Waals surface area contributed by atoms with Crippen LogP contribution in [-0.2, 0) is 14.3 Å². The predicted molar refractivity (Wildman–Crippen MR) is 158 cm³/mol. The fourth-order valence-electron chi connectivity index (χ4n) is 3.97. The largest absolute Gasteiger partial charge is 0.463 e. The fraction of sp³-hybridized carbons (Fsp3) is 0.931. The highest BCUT2D eigenvalue weighted by Crippen LogP contribution is 2.29. The number of hydrogen-bond donors (Lipinski definition) is 0. The van der Waals surface area contributed by atoms with Crippen molar-refractivity contribution in [2.24, 2.45) is 5.41 Å². The van der Waals surface area contributed by atoms with E-state index in [0.717, 1.165) is 36.9 Å². The summed E-state index contributed by atoms with van der Waals surface area (Å²) in [6.45, 7) is 13.9. The van der Waals surface area contributed by atoms with Crippen LogP contribution in [0.25, 0.3) is 0 Å². The molecule has 208 valence electrons. The molecule has 0 saturated carbocycles. The molecule has 6 heteroatoms. The molecule has 0 aromatic heterocycles. The summed E-state index contributed by atoms with van der Waals surface area (Å²) < 4.78 is 12.1. The van der Waals surface area contributed by atoms with Crippen LogP contribution < -0.4 is 0 Å². The topological polar surface area (TPSA) is 38.8 Å². The summed E-state index contributed by atoms with van der Waals surface area (Å²) in [5.41, 5.74) is -0.517. The average molecular weight is 532 g/mol. The lowest BCUT2D eigenvalue weighted by Gasteiger charge is -2.28. The highest BCUT2D eigenvalue weighted by atomic mass is 32.2. The van der Waals surface area contributed by atoms with Crippen LogP contribution in [0.2, 0.25) is 0 Å². The molecule has 0 amide bonds. The number of rotatable bonds is 24. The highest BCUT2D eigenvalue weighted by molar-refractivity contribution is 8.22. The third-order valence-corrected chi connectivity index (χ3v) is 8.81. The molecular formula is C29H57NO3S2. The predicted octanol–water partition coefficient (Wildman–Crippen LogP) is 8.80. The SMILES string of the molecule is CCCCCCCCCCCCCCCCOCCOC(=O)C(C)(CC)CSC(=S)N(CC)CC. The van der Waals surface area contributed by atoms with Crippen molar-refractivity contribution in [3.05, 3.63) is 0 Å². The number of unbranched alkanes of at least 4 members (excludes halogenated alkanes) is 13. The lowest BCUT2D eigenvalue weighted by Crippen LogP contribution is -2.35. The number of hydrogen-bond acceptors (Lipinski definition) is 5. The summed E-state index contributed by atoms with van der Waals surface area (Å²) in [6.07, 6.45) is 19.8. The second-order valence-electron chi connectivity index (χ2n) is 9.99. The number of nitrogens with zero attached hydrogens (tertiary/aromatic N) is 1. The molecule has 0 bridgehead atoms. The van der Waals surface area contributed by atoms with E-state index in [0.29, 0.717) is 19.0 Å². The van der Waals surface area contributed by atoms with Gasteiger partial charge in [-0.3, -0.25) is 4.79 Å². The molecule has 1 atom stereocenters. The maximum absolute atomic E-state index is 12.6. The van der Waals surface area contributed by atoms with Crippen LogP contribution in [0.3, 0.4) is 0 Å². The van der Waals surface area contributed by atoms with Crippen molar-refractivity contribution in [3.63, 3.8) is 0 Å². The van der Waals surface area contributed by atoms with Crippen LogP contribution in [0.4, 0.5) is 0 Å². The van der Waals surface area contributed by atoms with E-state index in [-0.39, 0.29) is 5.97 Å². The first-order valence-corrected chi connectivity index (χ1v) is 16.0. The summed E-state index contributed by atoms with van der Waals surface area (Å²) in [5, 5.41) is 0. The van der Waals surface area contributed by atoms with Gasteiger partial charge in [-0.05, 0) is 33.6 Å². The van der Waals surface area contributed by atoms with Gasteiger partial charge in [0.2, 0.25) is 0 Å². The Balaban J connectivity index is 3.63. The van der Waals surface area contributed by atoms with Crippen molar-refractivity contribution < 1.29 is 14.3 Å². The molecular weight excluding hydrogens is 474 g/mol. The van der Waals surface area contributed by atoms with E-state index in [1.54, 1.807) is 11.8 Å². The molecule has 0 aromatic rings. The van der Waals surface area contributed by atoms with E-state index < -0.39 is 5.41 Å². The first-order valence-electron chi connectivity index (χ1n) is 14.6. The molecule has 0 N–H and O–H groups in total. The van der Waals surface area contributed by atoms with Gasteiger partial charge in [0.15, 0.2) is 0 Å². The standard InChI is InChI=1S/C29H57NO3S2/c1-6-10-11-12-13-14-15-16-17-18-19-20-21-22-23-32-24-25-33-27(31)29(5,7-2)26-35-28(34)30(8-3)9-4/h6-26H2,1-5H3. The monoisotopic (exact) mass is 531 g/mol. The molecule has 0 aliphatic heterocycles. The molecule has 0 aromatic carbocycles. The summed E-state index contributed by atoms with van der Waals surface area (Å²) in [6, 6.07) is 0. The number of carbonyl (C=O) groups excluding carboxylic acids is 1. The Morgan fingerprint density at radius 1 is 0.743 bits per heavy atom. The first kappa shape index (κ1) is 34.7. The second kappa shape index (κ2) is 24.0. The Morgan fingerprint density at radius 3 is 1.69 bits per heavy atom. The minimum Gasteiger partial charge on any atom is -0.463 e. The van der Waals surface area contributed by atoms with Crippen LogP contribution >= 0.6 is 24.0 Å². The maximum Gasteiger partial charge on any atom is 0.312 e. The third kappa shape index (κ3) is 18.5. The van der Waals surface area contributed by atoms with Gasteiger partial charge in [-0.15, -0.1) is 0 Å². The number of esters is 1. The molecule has 0 aliphatic rings. The van der Waals surface area contributed by atoms with Crippen molar-refractivity contribution >= 4 is 34.3 Å². The summed E-state index contributed by atoms with van der Waals surface area (Å²) in [7, 11) is 0. The molecule has 4 nitrogen and oxygen atoms in total. The zero-order valence-electron chi connectivity index (χ0n) is 23.8. The maximum atomic E-state index is 12.6. The number of thioether (sulfide) groups is 1. The molecule has 0 saturated heterocycles. The number of ether oxygens (including phenoxy) is 2. The van der Waals surface area contributed by atoms with Crippen LogP contribution in [0.1, 0.15) is 131 Å². The minimum atomic E-state index is -0.517. The Hall–Kier alpha value is -0.330. The fourth-order valence-corrected chi connectivity index (χ4v) is 5.61. The van der Waals surface area contributed by atoms with Crippen LogP contribution in [-0.4, -0.2) is 53.9 Å². The van der Waals surface area contributed by atoms with Gasteiger partial charge in [0.1, 0.15) is 10.9 Å². The van der Waals surface area contributed by atoms with Crippen molar-refractivity contribution in [3.8, 4) is 0 Å². The molecule has 1 unspecified atom stereocenters. The van der Waals surface area contributed by atoms with Gasteiger partial charge in [-0.2, -0.15) is 0 Å². The van der Waals surface area contributed by atoms with E-state index in [2.05, 4.69) is 25.7 Å². The van der Waals surface area contributed by atoms with Crippen molar-refractivity contribution in [2.45, 2.75) is 131 Å². The van der Waals surface area contributed by atoms with E-state index >= 15 is 0 Å². The number of thiocarbonyl (C=S) groups is 1. The number of carbonyl (C=O) groups is 1. The van der Waals surface area contributed by atoms with Gasteiger partial charge in [0.25, 0.3) is 0 Å². The van der Waals surface area contributed by atoms with Gasteiger partial charge >= 0.3 is 5.97 Å². The lowest BCUT2D eigenvalue weighted by molar-refractivity contribution is -0.155. The quantitative estimate of drug-likeness (QED) is 0.0704. The van der Waals surface area contributed by atoms with Gasteiger partial charge in [0.05, 0.1) is 12.0 Å². The van der Waals surface area contributed by atoms with Crippen LogP contribution in [0.15, 0.2) is 0 Å². The third-order valence-electron chi connectivity index (χ3n) is 6.91. The molecule has 0 radical (unpaired) electrons. The average Bonchev–Trinajstić information content (AvgIpc) is 2.87. The molecule has 35 heavy (non-hydrogen) atoms. The van der Waals surface area contributed by atoms with Gasteiger partial charge in [-0.1, -0.05) is 121 Å². The molecule has 0 aliphatic carbocycles. The summed E-state index contributed by atoms with van der Waals surface area (Å²) in [4.78, 5) is 14.8. The van der Waals surface area contributed by atoms with Gasteiger partial charge < -0.3 is 14.4 Å². The van der Waals surface area contributed by atoms with Crippen molar-refractivity contribution in [1.29, 1.82) is 0 Å². The van der Waals surface area contributed by atoms with Crippen molar-refractivity contribution in [1.82, 2.24) is 4.90 Å². The second-order valence-corrected chi connectivity index (χ2v) is 11.6. The van der Waals surface area contributed by atoms with Crippen molar-refractivity contribution in [2.75, 3.05) is 38.7 Å². The normalized spacial score (nSPS) is 12.9. The molecule has 0 heterocycles. The minimum absolute atomic E-state index is 0.144. The molecule has 0 fully saturated rings. The first-order chi connectivity index (χ1) is 16.9. The van der Waals surface area contributed by atoms with Gasteiger partial charge in [-0.25, -0.2) is 0 Å². The molecule has 0 spiro atoms. The Morgan fingerprint density at radius 2 is 1.23 bits per heavy atom. The Bertz CT molecular complexity index is 514. The van der Waals surface area contributed by atoms with E-state index in [1.165, 1.54) is 83.5 Å². The zero-order valence-corrected chi connectivity index (χ0v) is 25.5. The lowest BCUT2D eigenvalue weighted by atomic mass is 9.90. The zero-order chi connectivity index (χ0) is 26.2. The van der Waals surface area contributed by atoms with Crippen LogP contribution in [0.5, 0.6) is 0 Å². The summed E-state index contributed by atoms with van der Waals surface area (Å²) in [5.74, 6) is 0.507. The molecule has 0 rings (SSSR count). The van der Waals surface area contributed by atoms with Gasteiger partial charge in [0, 0.05) is 25.4 Å². The highest BCUT2D eigenvalue weighted by Gasteiger charge is 2.33. The Kier molecular flexibility index (Phi) is 23.8. The van der Waals surface area contributed by atoms with E-state index in [4.69, 9.17) is 21.7 Å². The van der Waals surface area contributed by atoms with Crippen LogP contribution in [0, 0.1) is 5.41 Å². The Labute approximate surface area is 228 Å². The van der Waals surface area contributed by atoms with E-state index in [9.17, 15) is 4.79 Å². The smallest absolute Gasteiger partial charge is 0.312 e. The summed E-state index contributed by atoms with van der Waals surface area (Å²) >= 11 is 7.09.